The van der Waals surface area contributed by atoms with Crippen LogP contribution in [0.1, 0.15) is 24.2 Å². The molecule has 1 amide bonds. The quantitative estimate of drug-likeness (QED) is 0.803. The largest absolute Gasteiger partial charge is 0.495 e. The number of benzene rings is 2. The van der Waals surface area contributed by atoms with Crippen LogP contribution in [0.15, 0.2) is 42.5 Å². The van der Waals surface area contributed by atoms with Gasteiger partial charge in [0.05, 0.1) is 12.8 Å². The topological polar surface area (TPSA) is 64.6 Å². The molecule has 0 aliphatic heterocycles. The molecule has 0 aromatic heterocycles. The lowest BCUT2D eigenvalue weighted by atomic mass is 10.1. The highest BCUT2D eigenvalue weighted by atomic mass is 35.5. The Morgan fingerprint density at radius 2 is 1.79 bits per heavy atom. The lowest BCUT2D eigenvalue weighted by Gasteiger charge is -2.16. The average molecular weight is 348 g/mol. The first kappa shape index (κ1) is 17.8. The number of anilines is 1. The minimum absolute atomic E-state index is 0.0274. The van der Waals surface area contributed by atoms with E-state index < -0.39 is 6.10 Å². The third kappa shape index (κ3) is 4.49. The number of carbonyl (C=O) groups is 2. The normalized spacial score (nSPS) is 11.5. The second kappa shape index (κ2) is 7.84. The molecule has 1 N–H and O–H groups in total. The zero-order valence-electron chi connectivity index (χ0n) is 13.6. The maximum atomic E-state index is 12.3. The van der Waals surface area contributed by atoms with E-state index in [4.69, 9.17) is 21.1 Å². The van der Waals surface area contributed by atoms with Crippen LogP contribution in [-0.4, -0.2) is 24.9 Å². The molecule has 6 heteroatoms. The monoisotopic (exact) mass is 347 g/mol. The predicted molar refractivity (Wildman–Crippen MR) is 93.2 cm³/mol. The Morgan fingerprint density at radius 3 is 2.38 bits per heavy atom. The van der Waals surface area contributed by atoms with Crippen molar-refractivity contribution in [2.75, 3.05) is 12.4 Å². The van der Waals surface area contributed by atoms with Gasteiger partial charge in [-0.2, -0.15) is 0 Å². The Hall–Kier alpha value is -2.53. The van der Waals surface area contributed by atoms with Crippen molar-refractivity contribution in [3.05, 3.63) is 53.1 Å². The zero-order valence-corrected chi connectivity index (χ0v) is 14.4. The first-order valence-corrected chi connectivity index (χ1v) is 7.70. The summed E-state index contributed by atoms with van der Waals surface area (Å²) in [6.45, 7) is 3.12. The van der Waals surface area contributed by atoms with E-state index in [-0.39, 0.29) is 11.7 Å². The number of amides is 1. The van der Waals surface area contributed by atoms with Gasteiger partial charge in [0.15, 0.2) is 11.9 Å². The Labute approximate surface area is 145 Å². The van der Waals surface area contributed by atoms with Crippen molar-refractivity contribution in [2.24, 2.45) is 0 Å². The first-order chi connectivity index (χ1) is 11.4. The number of ketones is 1. The SMILES string of the molecule is COc1ccc(Cl)cc1NC(=O)[C@H](C)Oc1ccc(C(C)=O)cc1. The van der Waals surface area contributed by atoms with Crippen molar-refractivity contribution in [3.8, 4) is 11.5 Å². The van der Waals surface area contributed by atoms with Crippen LogP contribution in [-0.2, 0) is 4.79 Å². The van der Waals surface area contributed by atoms with E-state index >= 15 is 0 Å². The van der Waals surface area contributed by atoms with Crippen LogP contribution in [0.4, 0.5) is 5.69 Å². The number of Topliss-reactive ketones (excluding diaryl/α,β-unsaturated/α-hetero) is 1. The van der Waals surface area contributed by atoms with E-state index in [1.807, 2.05) is 0 Å². The number of carbonyl (C=O) groups excluding carboxylic acids is 2. The lowest BCUT2D eigenvalue weighted by molar-refractivity contribution is -0.122. The fourth-order valence-corrected chi connectivity index (χ4v) is 2.21. The second-order valence-corrected chi connectivity index (χ2v) is 5.61. The Bertz CT molecular complexity index is 743. The molecule has 0 saturated carbocycles. The number of hydrogen-bond acceptors (Lipinski definition) is 4. The van der Waals surface area contributed by atoms with Crippen molar-refractivity contribution in [1.82, 2.24) is 0 Å². The number of nitrogens with one attached hydrogen (secondary N) is 1. The van der Waals surface area contributed by atoms with Crippen LogP contribution in [0.5, 0.6) is 11.5 Å². The van der Waals surface area contributed by atoms with Gasteiger partial charge in [-0.05, 0) is 56.3 Å². The number of halogens is 1. The molecule has 0 aliphatic rings. The average Bonchev–Trinajstić information content (AvgIpc) is 2.55. The van der Waals surface area contributed by atoms with Crippen LogP contribution in [0.25, 0.3) is 0 Å². The molecule has 0 bridgehead atoms. The van der Waals surface area contributed by atoms with Gasteiger partial charge in [-0.3, -0.25) is 9.59 Å². The van der Waals surface area contributed by atoms with E-state index in [2.05, 4.69) is 5.32 Å². The molecule has 2 aromatic rings. The van der Waals surface area contributed by atoms with Gasteiger partial charge in [-0.25, -0.2) is 0 Å². The predicted octanol–water partition coefficient (Wildman–Crippen LogP) is 3.96. The van der Waals surface area contributed by atoms with Gasteiger partial charge in [0.1, 0.15) is 11.5 Å². The highest BCUT2D eigenvalue weighted by molar-refractivity contribution is 6.31. The molecule has 0 radical (unpaired) electrons. The van der Waals surface area contributed by atoms with Crippen LogP contribution in [0.2, 0.25) is 5.02 Å². The second-order valence-electron chi connectivity index (χ2n) is 5.17. The standard InChI is InChI=1S/C18H18ClNO4/c1-11(21)13-4-7-15(8-5-13)24-12(2)18(22)20-16-10-14(19)6-9-17(16)23-3/h4-10,12H,1-3H3,(H,20,22)/t12-/m0/s1. The van der Waals surface area contributed by atoms with Gasteiger partial charge in [0, 0.05) is 10.6 Å². The third-order valence-electron chi connectivity index (χ3n) is 3.36. The molecule has 0 unspecified atom stereocenters. The van der Waals surface area contributed by atoms with Gasteiger partial charge in [-0.15, -0.1) is 0 Å². The molecule has 0 fully saturated rings. The minimum atomic E-state index is -0.739. The molecule has 0 spiro atoms. The van der Waals surface area contributed by atoms with Crippen molar-refractivity contribution in [2.45, 2.75) is 20.0 Å². The summed E-state index contributed by atoms with van der Waals surface area (Å²) in [6.07, 6.45) is -0.739. The summed E-state index contributed by atoms with van der Waals surface area (Å²) in [5.41, 5.74) is 1.06. The van der Waals surface area contributed by atoms with E-state index in [0.717, 1.165) is 0 Å². The highest BCUT2D eigenvalue weighted by Gasteiger charge is 2.17. The number of methoxy groups -OCH3 is 1. The van der Waals surface area contributed by atoms with Crippen molar-refractivity contribution >= 4 is 29.0 Å². The lowest BCUT2D eigenvalue weighted by Crippen LogP contribution is -2.30. The summed E-state index contributed by atoms with van der Waals surface area (Å²) in [6, 6.07) is 11.6. The molecule has 0 aliphatic carbocycles. The Morgan fingerprint density at radius 1 is 1.12 bits per heavy atom. The fraction of sp³-hybridized carbons (Fsp3) is 0.222. The maximum Gasteiger partial charge on any atom is 0.265 e. The molecule has 5 nitrogen and oxygen atoms in total. The summed E-state index contributed by atoms with van der Waals surface area (Å²) in [4.78, 5) is 23.5. The summed E-state index contributed by atoms with van der Waals surface area (Å²) >= 11 is 5.94. The smallest absolute Gasteiger partial charge is 0.265 e. The molecular formula is C18H18ClNO4. The van der Waals surface area contributed by atoms with Gasteiger partial charge >= 0.3 is 0 Å². The summed E-state index contributed by atoms with van der Waals surface area (Å²) in [5.74, 6) is 0.637. The van der Waals surface area contributed by atoms with Crippen molar-refractivity contribution in [3.63, 3.8) is 0 Å². The number of ether oxygens (including phenoxy) is 2. The highest BCUT2D eigenvalue weighted by Crippen LogP contribution is 2.28. The van der Waals surface area contributed by atoms with Gasteiger partial charge in [0.2, 0.25) is 0 Å². The van der Waals surface area contributed by atoms with E-state index in [9.17, 15) is 9.59 Å². The van der Waals surface area contributed by atoms with Crippen molar-refractivity contribution in [1.29, 1.82) is 0 Å². The maximum absolute atomic E-state index is 12.3. The molecule has 0 saturated heterocycles. The zero-order chi connectivity index (χ0) is 17.7. The third-order valence-corrected chi connectivity index (χ3v) is 3.60. The van der Waals surface area contributed by atoms with Gasteiger partial charge in [0.25, 0.3) is 5.91 Å². The van der Waals surface area contributed by atoms with E-state index in [1.54, 1.807) is 49.4 Å². The molecule has 126 valence electrons. The molecule has 2 aromatic carbocycles. The summed E-state index contributed by atoms with van der Waals surface area (Å²) in [7, 11) is 1.51. The van der Waals surface area contributed by atoms with Crippen LogP contribution in [0.3, 0.4) is 0 Å². The molecule has 1 atom stereocenters. The van der Waals surface area contributed by atoms with Crippen molar-refractivity contribution < 1.29 is 19.1 Å². The van der Waals surface area contributed by atoms with E-state index in [0.29, 0.717) is 27.8 Å². The van der Waals surface area contributed by atoms with Crippen LogP contribution in [0, 0.1) is 0 Å². The molecule has 2 rings (SSSR count). The van der Waals surface area contributed by atoms with E-state index in [1.165, 1.54) is 14.0 Å². The fourth-order valence-electron chi connectivity index (χ4n) is 2.04. The Balaban J connectivity index is 2.04. The van der Waals surface area contributed by atoms with Gasteiger partial charge < -0.3 is 14.8 Å². The summed E-state index contributed by atoms with van der Waals surface area (Å²) < 4.78 is 10.8. The number of rotatable bonds is 6. The number of hydrogen-bond donors (Lipinski definition) is 1. The van der Waals surface area contributed by atoms with Gasteiger partial charge in [-0.1, -0.05) is 11.6 Å². The molecule has 0 heterocycles. The first-order valence-electron chi connectivity index (χ1n) is 7.32. The molecule has 24 heavy (non-hydrogen) atoms. The molecular weight excluding hydrogens is 330 g/mol. The van der Waals surface area contributed by atoms with Crippen LogP contribution >= 0.6 is 11.6 Å². The Kier molecular flexibility index (Phi) is 5.82. The minimum Gasteiger partial charge on any atom is -0.495 e. The van der Waals surface area contributed by atoms with Crippen LogP contribution < -0.4 is 14.8 Å². The summed E-state index contributed by atoms with van der Waals surface area (Å²) in [5, 5.41) is 3.21.